The first-order chi connectivity index (χ1) is 18.7. The molecule has 39 heavy (non-hydrogen) atoms. The Morgan fingerprint density at radius 3 is 2.41 bits per heavy atom. The summed E-state index contributed by atoms with van der Waals surface area (Å²) in [5.41, 5.74) is 5.83. The molecule has 1 aromatic carbocycles. The molecule has 0 atom stereocenters. The van der Waals surface area contributed by atoms with Crippen LogP contribution < -0.4 is 16.6 Å². The third kappa shape index (κ3) is 5.50. The fourth-order valence-corrected chi connectivity index (χ4v) is 5.34. The lowest BCUT2D eigenvalue weighted by Gasteiger charge is -2.08. The highest BCUT2D eigenvalue weighted by molar-refractivity contribution is 7.16. The summed E-state index contributed by atoms with van der Waals surface area (Å²) >= 11 is 8.51. The second-order valence-corrected chi connectivity index (χ2v) is 11.0. The average molecular weight is 587 g/mol. The molecule has 0 radical (unpaired) electrons. The number of thiophene rings is 1. The molecule has 0 aliphatic rings. The van der Waals surface area contributed by atoms with Crippen molar-refractivity contribution in [2.75, 3.05) is 5.32 Å². The lowest BCUT2D eigenvalue weighted by atomic mass is 10.1. The molecule has 1 amide bonds. The van der Waals surface area contributed by atoms with Crippen LogP contribution in [0.3, 0.4) is 0 Å². The van der Waals surface area contributed by atoms with Crippen LogP contribution in [0.5, 0.6) is 0 Å². The number of hydrogen-bond acceptors (Lipinski definition) is 8. The molecule has 0 bridgehead atoms. The van der Waals surface area contributed by atoms with Gasteiger partial charge >= 0.3 is 0 Å². The van der Waals surface area contributed by atoms with Crippen LogP contribution in [0, 0.1) is 11.8 Å². The van der Waals surface area contributed by atoms with E-state index in [1.165, 1.54) is 53.1 Å². The minimum absolute atomic E-state index is 0.0392. The lowest BCUT2D eigenvalue weighted by molar-refractivity contribution is 0.0945. The lowest BCUT2D eigenvalue weighted by Crippen LogP contribution is -2.22. The number of nitrogens with two attached hydrogens (primary N) is 1. The monoisotopic (exact) mass is 586 g/mol. The van der Waals surface area contributed by atoms with Crippen LogP contribution in [0.2, 0.25) is 4.34 Å². The van der Waals surface area contributed by atoms with Gasteiger partial charge in [-0.05, 0) is 36.4 Å². The Labute approximate surface area is 232 Å². The van der Waals surface area contributed by atoms with Gasteiger partial charge in [0, 0.05) is 44.8 Å². The quantitative estimate of drug-likeness (QED) is 0.256. The SMILES string of the molecule is NC(=O)c1ccc(C(=O)n2nc(-c3cc(F)n(Cc4cncs4)c(=O)c3)c(F)c2NCc2ccc(Cl)s2)cc1. The molecular formula is C25H17ClF2N6O3S2. The van der Waals surface area contributed by atoms with E-state index >= 15 is 4.39 Å². The zero-order valence-electron chi connectivity index (χ0n) is 19.7. The number of anilines is 1. The van der Waals surface area contributed by atoms with Crippen LogP contribution in [0.1, 0.15) is 30.5 Å². The van der Waals surface area contributed by atoms with Gasteiger partial charge in [-0.25, -0.2) is 4.39 Å². The molecule has 9 nitrogen and oxygen atoms in total. The highest BCUT2D eigenvalue weighted by atomic mass is 35.5. The molecule has 0 spiro atoms. The van der Waals surface area contributed by atoms with Crippen LogP contribution in [0.25, 0.3) is 11.3 Å². The van der Waals surface area contributed by atoms with Crippen molar-refractivity contribution in [3.05, 3.63) is 108 Å². The zero-order valence-corrected chi connectivity index (χ0v) is 22.1. The van der Waals surface area contributed by atoms with Gasteiger partial charge in [-0.1, -0.05) is 11.6 Å². The van der Waals surface area contributed by atoms with Crippen LogP contribution in [-0.2, 0) is 13.1 Å². The molecule has 198 valence electrons. The molecule has 0 unspecified atom stereocenters. The predicted molar refractivity (Wildman–Crippen MR) is 144 cm³/mol. The van der Waals surface area contributed by atoms with Crippen molar-refractivity contribution >= 4 is 51.9 Å². The van der Waals surface area contributed by atoms with E-state index in [4.69, 9.17) is 17.3 Å². The molecule has 4 heterocycles. The molecule has 0 saturated carbocycles. The van der Waals surface area contributed by atoms with E-state index in [1.807, 2.05) is 0 Å². The van der Waals surface area contributed by atoms with Crippen LogP contribution in [0.4, 0.5) is 14.6 Å². The number of benzene rings is 1. The fourth-order valence-electron chi connectivity index (χ4n) is 3.73. The van der Waals surface area contributed by atoms with Gasteiger partial charge in [0.25, 0.3) is 11.5 Å². The second kappa shape index (κ2) is 10.9. The maximum atomic E-state index is 15.8. The average Bonchev–Trinajstić information content (AvgIpc) is 3.65. The van der Waals surface area contributed by atoms with Crippen LogP contribution in [-0.4, -0.2) is 31.1 Å². The largest absolute Gasteiger partial charge is 0.366 e. The maximum absolute atomic E-state index is 15.8. The van der Waals surface area contributed by atoms with E-state index in [-0.39, 0.29) is 35.6 Å². The van der Waals surface area contributed by atoms with Crippen molar-refractivity contribution < 1.29 is 18.4 Å². The number of hydrogen-bond donors (Lipinski definition) is 2. The van der Waals surface area contributed by atoms with Gasteiger partial charge < -0.3 is 11.1 Å². The molecule has 3 N–H and O–H groups in total. The first-order valence-electron chi connectivity index (χ1n) is 11.2. The maximum Gasteiger partial charge on any atom is 0.280 e. The second-order valence-electron chi connectivity index (χ2n) is 8.19. The van der Waals surface area contributed by atoms with Gasteiger partial charge in [-0.2, -0.15) is 14.2 Å². The third-order valence-corrected chi connectivity index (χ3v) is 7.64. The number of halogens is 3. The van der Waals surface area contributed by atoms with Crippen molar-refractivity contribution in [3.63, 3.8) is 0 Å². The summed E-state index contributed by atoms with van der Waals surface area (Å²) in [6, 6.07) is 10.9. The topological polar surface area (TPSA) is 125 Å². The van der Waals surface area contributed by atoms with Crippen molar-refractivity contribution in [1.29, 1.82) is 0 Å². The summed E-state index contributed by atoms with van der Waals surface area (Å²) in [6.45, 7) is 0.0701. The molecule has 4 aromatic heterocycles. The Kier molecular flexibility index (Phi) is 7.37. The Balaban J connectivity index is 1.55. The first kappa shape index (κ1) is 26.4. The molecular weight excluding hydrogens is 570 g/mol. The summed E-state index contributed by atoms with van der Waals surface area (Å²) in [5.74, 6) is -3.57. The number of amides is 1. The number of carbonyl (C=O) groups excluding carboxylic acids is 2. The van der Waals surface area contributed by atoms with Crippen LogP contribution in [0.15, 0.2) is 65.0 Å². The summed E-state index contributed by atoms with van der Waals surface area (Å²) in [7, 11) is 0. The van der Waals surface area contributed by atoms with E-state index in [1.54, 1.807) is 17.6 Å². The fraction of sp³-hybridized carbons (Fsp3) is 0.0800. The standard InChI is InChI=1S/C25H17ClF2N6O3S2/c26-18-6-5-16(39-18)10-31-24-21(28)22(32-34(24)25(37)14-3-1-13(2-4-14)23(29)36)15-7-19(27)33(20(35)8-15)11-17-9-30-12-38-17/h1-9,12,31H,10-11H2,(H2,29,36). The molecule has 0 aliphatic carbocycles. The van der Waals surface area contributed by atoms with Gasteiger partial charge in [-0.3, -0.25) is 23.9 Å². The van der Waals surface area contributed by atoms with Gasteiger partial charge in [0.05, 0.1) is 22.9 Å². The minimum atomic E-state index is -0.959. The van der Waals surface area contributed by atoms with Crippen LogP contribution >= 0.6 is 34.3 Å². The van der Waals surface area contributed by atoms with Gasteiger partial charge in [0.2, 0.25) is 5.91 Å². The highest BCUT2D eigenvalue weighted by Gasteiger charge is 2.25. The Morgan fingerprint density at radius 2 is 1.79 bits per heavy atom. The van der Waals surface area contributed by atoms with E-state index in [2.05, 4.69) is 15.4 Å². The molecule has 5 rings (SSSR count). The third-order valence-electron chi connectivity index (χ3n) is 5.64. The number of aromatic nitrogens is 4. The number of primary amides is 1. The number of thiazole rings is 1. The molecule has 0 aliphatic heterocycles. The molecule has 14 heteroatoms. The van der Waals surface area contributed by atoms with Crippen molar-refractivity contribution in [1.82, 2.24) is 19.3 Å². The summed E-state index contributed by atoms with van der Waals surface area (Å²) in [6.07, 6.45) is 1.52. The smallest absolute Gasteiger partial charge is 0.280 e. The summed E-state index contributed by atoms with van der Waals surface area (Å²) in [5, 5.41) is 6.96. The zero-order chi connectivity index (χ0) is 27.7. The number of carbonyl (C=O) groups is 2. The molecule has 5 aromatic rings. The van der Waals surface area contributed by atoms with E-state index in [9.17, 15) is 18.8 Å². The highest BCUT2D eigenvalue weighted by Crippen LogP contribution is 2.29. The predicted octanol–water partition coefficient (Wildman–Crippen LogP) is 4.61. The normalized spacial score (nSPS) is 11.1. The van der Waals surface area contributed by atoms with Crippen molar-refractivity contribution in [2.24, 2.45) is 5.73 Å². The van der Waals surface area contributed by atoms with Gasteiger partial charge in [0.15, 0.2) is 17.6 Å². The molecule has 0 saturated heterocycles. The van der Waals surface area contributed by atoms with E-state index in [0.717, 1.165) is 26.3 Å². The minimum Gasteiger partial charge on any atom is -0.366 e. The summed E-state index contributed by atoms with van der Waals surface area (Å²) in [4.78, 5) is 42.8. The van der Waals surface area contributed by atoms with Gasteiger partial charge in [-0.15, -0.1) is 22.7 Å². The molecule has 0 fully saturated rings. The Morgan fingerprint density at radius 1 is 1.05 bits per heavy atom. The summed E-state index contributed by atoms with van der Waals surface area (Å²) < 4.78 is 33.0. The van der Waals surface area contributed by atoms with E-state index < -0.39 is 34.8 Å². The van der Waals surface area contributed by atoms with Gasteiger partial charge in [0.1, 0.15) is 5.69 Å². The first-order valence-corrected chi connectivity index (χ1v) is 13.3. The number of rotatable bonds is 8. The number of pyridine rings is 1. The number of nitrogens with one attached hydrogen (secondary N) is 1. The number of nitrogens with zero attached hydrogens (tertiary/aromatic N) is 4. The van der Waals surface area contributed by atoms with Crippen molar-refractivity contribution in [3.8, 4) is 11.3 Å². The van der Waals surface area contributed by atoms with Crippen molar-refractivity contribution in [2.45, 2.75) is 13.1 Å². The van der Waals surface area contributed by atoms with E-state index in [0.29, 0.717) is 9.21 Å². The Bertz CT molecular complexity index is 1750. The Hall–Kier alpha value is -4.20.